The van der Waals surface area contributed by atoms with Gasteiger partial charge in [-0.2, -0.15) is 0 Å². The SMILES string of the molecule is CCOC(=O)Cc1c(C)cc2ccc(OC)cn12. The van der Waals surface area contributed by atoms with Crippen LogP contribution in [0, 0.1) is 6.92 Å². The van der Waals surface area contributed by atoms with Crippen molar-refractivity contribution < 1.29 is 14.3 Å². The molecule has 0 aliphatic carbocycles. The van der Waals surface area contributed by atoms with Crippen LogP contribution in [0.15, 0.2) is 24.4 Å². The Hall–Kier alpha value is -1.97. The van der Waals surface area contributed by atoms with E-state index in [4.69, 9.17) is 9.47 Å². The smallest absolute Gasteiger partial charge is 0.311 e. The molecule has 0 N–H and O–H groups in total. The Morgan fingerprint density at radius 1 is 1.39 bits per heavy atom. The highest BCUT2D eigenvalue weighted by atomic mass is 16.5. The van der Waals surface area contributed by atoms with Crippen molar-refractivity contribution in [1.29, 1.82) is 0 Å². The summed E-state index contributed by atoms with van der Waals surface area (Å²) in [5.74, 6) is 0.562. The number of aryl methyl sites for hydroxylation is 1. The molecule has 0 radical (unpaired) electrons. The number of aromatic nitrogens is 1. The van der Waals surface area contributed by atoms with E-state index in [1.807, 2.05) is 42.6 Å². The summed E-state index contributed by atoms with van der Waals surface area (Å²) < 4.78 is 12.2. The summed E-state index contributed by atoms with van der Waals surface area (Å²) in [5.41, 5.74) is 3.08. The van der Waals surface area contributed by atoms with Crippen LogP contribution in [0.5, 0.6) is 5.75 Å². The number of carbonyl (C=O) groups excluding carboxylic acids is 1. The van der Waals surface area contributed by atoms with Gasteiger partial charge >= 0.3 is 5.97 Å². The Morgan fingerprint density at radius 2 is 2.17 bits per heavy atom. The van der Waals surface area contributed by atoms with Crippen LogP contribution in [0.4, 0.5) is 0 Å². The molecule has 0 spiro atoms. The van der Waals surface area contributed by atoms with E-state index in [0.717, 1.165) is 22.5 Å². The molecule has 96 valence electrons. The van der Waals surface area contributed by atoms with Crippen LogP contribution in [-0.4, -0.2) is 24.1 Å². The fraction of sp³-hybridized carbons (Fsp3) is 0.357. The zero-order valence-electron chi connectivity index (χ0n) is 10.9. The Labute approximate surface area is 106 Å². The van der Waals surface area contributed by atoms with Gasteiger partial charge in [-0.25, -0.2) is 0 Å². The summed E-state index contributed by atoms with van der Waals surface area (Å²) >= 11 is 0. The van der Waals surface area contributed by atoms with Gasteiger partial charge in [0.15, 0.2) is 0 Å². The Morgan fingerprint density at radius 3 is 2.83 bits per heavy atom. The van der Waals surface area contributed by atoms with Gasteiger partial charge in [-0.05, 0) is 37.6 Å². The fourth-order valence-electron chi connectivity index (χ4n) is 2.03. The van der Waals surface area contributed by atoms with Gasteiger partial charge in [-0.15, -0.1) is 0 Å². The molecular formula is C14H17NO3. The molecule has 0 fully saturated rings. The third kappa shape index (κ3) is 2.32. The number of fused-ring (bicyclic) bond motifs is 1. The fourth-order valence-corrected chi connectivity index (χ4v) is 2.03. The minimum Gasteiger partial charge on any atom is -0.495 e. The third-order valence-electron chi connectivity index (χ3n) is 2.92. The molecule has 2 aromatic heterocycles. The standard InChI is InChI=1S/C14H17NO3/c1-4-18-14(16)8-13-10(2)7-11-5-6-12(17-3)9-15(11)13/h5-7,9H,4,8H2,1-3H3. The molecule has 0 aromatic carbocycles. The molecule has 18 heavy (non-hydrogen) atoms. The molecule has 0 saturated carbocycles. The first-order valence-corrected chi connectivity index (χ1v) is 5.96. The lowest BCUT2D eigenvalue weighted by atomic mass is 10.2. The second kappa shape index (κ2) is 5.12. The molecule has 4 nitrogen and oxygen atoms in total. The Bertz CT molecular complexity index is 572. The number of nitrogens with zero attached hydrogens (tertiary/aromatic N) is 1. The van der Waals surface area contributed by atoms with Gasteiger partial charge in [0.25, 0.3) is 0 Å². The molecule has 0 saturated heterocycles. The first-order chi connectivity index (χ1) is 8.65. The van der Waals surface area contributed by atoms with Crippen molar-refractivity contribution in [2.45, 2.75) is 20.3 Å². The normalized spacial score (nSPS) is 10.6. The second-order valence-electron chi connectivity index (χ2n) is 4.12. The van der Waals surface area contributed by atoms with Gasteiger partial charge < -0.3 is 13.9 Å². The highest BCUT2D eigenvalue weighted by Gasteiger charge is 2.12. The van der Waals surface area contributed by atoms with Crippen LogP contribution in [-0.2, 0) is 16.0 Å². The van der Waals surface area contributed by atoms with Crippen molar-refractivity contribution in [3.8, 4) is 5.75 Å². The number of ether oxygens (including phenoxy) is 2. The van der Waals surface area contributed by atoms with Gasteiger partial charge in [0.1, 0.15) is 5.75 Å². The monoisotopic (exact) mass is 247 g/mol. The van der Waals surface area contributed by atoms with E-state index in [2.05, 4.69) is 0 Å². The van der Waals surface area contributed by atoms with E-state index in [1.54, 1.807) is 7.11 Å². The van der Waals surface area contributed by atoms with E-state index >= 15 is 0 Å². The van der Waals surface area contributed by atoms with Crippen LogP contribution in [0.25, 0.3) is 5.52 Å². The number of pyridine rings is 1. The largest absolute Gasteiger partial charge is 0.495 e. The molecule has 0 atom stereocenters. The number of rotatable bonds is 4. The topological polar surface area (TPSA) is 39.9 Å². The minimum atomic E-state index is -0.205. The summed E-state index contributed by atoms with van der Waals surface area (Å²) in [5, 5.41) is 0. The molecule has 0 bridgehead atoms. The quantitative estimate of drug-likeness (QED) is 0.779. The Kier molecular flexibility index (Phi) is 3.55. The first kappa shape index (κ1) is 12.5. The van der Waals surface area contributed by atoms with Crippen molar-refractivity contribution in [3.05, 3.63) is 35.7 Å². The molecular weight excluding hydrogens is 230 g/mol. The number of methoxy groups -OCH3 is 1. The molecule has 2 heterocycles. The van der Waals surface area contributed by atoms with Gasteiger partial charge in [0, 0.05) is 11.2 Å². The molecule has 4 heteroatoms. The minimum absolute atomic E-state index is 0.205. The van der Waals surface area contributed by atoms with E-state index < -0.39 is 0 Å². The zero-order chi connectivity index (χ0) is 13.1. The summed E-state index contributed by atoms with van der Waals surface area (Å²) in [4.78, 5) is 11.6. The molecule has 0 aliphatic heterocycles. The van der Waals surface area contributed by atoms with Gasteiger partial charge in [0.2, 0.25) is 0 Å². The van der Waals surface area contributed by atoms with Gasteiger partial charge in [-0.3, -0.25) is 4.79 Å². The lowest BCUT2D eigenvalue weighted by Gasteiger charge is -2.06. The van der Waals surface area contributed by atoms with Crippen LogP contribution in [0.1, 0.15) is 18.2 Å². The number of esters is 1. The predicted octanol–water partition coefficient (Wildman–Crippen LogP) is 2.36. The van der Waals surface area contributed by atoms with E-state index in [0.29, 0.717) is 6.61 Å². The average Bonchev–Trinajstić information content (AvgIpc) is 2.65. The summed E-state index contributed by atoms with van der Waals surface area (Å²) in [6.07, 6.45) is 2.16. The first-order valence-electron chi connectivity index (χ1n) is 5.96. The summed E-state index contributed by atoms with van der Waals surface area (Å²) in [6.45, 7) is 4.21. The number of carbonyl (C=O) groups is 1. The number of hydrogen-bond acceptors (Lipinski definition) is 3. The average molecular weight is 247 g/mol. The van der Waals surface area contributed by atoms with Crippen LogP contribution in [0.3, 0.4) is 0 Å². The lowest BCUT2D eigenvalue weighted by Crippen LogP contribution is -2.10. The predicted molar refractivity (Wildman–Crippen MR) is 69.0 cm³/mol. The molecule has 0 amide bonds. The maximum Gasteiger partial charge on any atom is 0.311 e. The van der Waals surface area contributed by atoms with E-state index in [-0.39, 0.29) is 12.4 Å². The van der Waals surface area contributed by atoms with Crippen molar-refractivity contribution >= 4 is 11.5 Å². The van der Waals surface area contributed by atoms with Crippen molar-refractivity contribution in [1.82, 2.24) is 4.40 Å². The van der Waals surface area contributed by atoms with Crippen LogP contribution >= 0.6 is 0 Å². The van der Waals surface area contributed by atoms with Crippen LogP contribution in [0.2, 0.25) is 0 Å². The molecule has 2 rings (SSSR count). The lowest BCUT2D eigenvalue weighted by molar-refractivity contribution is -0.142. The summed E-state index contributed by atoms with van der Waals surface area (Å²) in [7, 11) is 1.63. The van der Waals surface area contributed by atoms with Crippen LogP contribution < -0.4 is 4.74 Å². The van der Waals surface area contributed by atoms with Crippen molar-refractivity contribution in [3.63, 3.8) is 0 Å². The Balaban J connectivity index is 2.41. The van der Waals surface area contributed by atoms with Gasteiger partial charge in [-0.1, -0.05) is 0 Å². The third-order valence-corrected chi connectivity index (χ3v) is 2.92. The zero-order valence-corrected chi connectivity index (χ0v) is 10.9. The maximum absolute atomic E-state index is 11.6. The second-order valence-corrected chi connectivity index (χ2v) is 4.12. The van der Waals surface area contributed by atoms with Crippen molar-refractivity contribution in [2.24, 2.45) is 0 Å². The molecule has 0 aliphatic rings. The molecule has 2 aromatic rings. The summed E-state index contributed by atoms with van der Waals surface area (Å²) in [6, 6.07) is 5.93. The van der Waals surface area contributed by atoms with Gasteiger partial charge in [0.05, 0.1) is 26.3 Å². The molecule has 0 unspecified atom stereocenters. The van der Waals surface area contributed by atoms with Crippen molar-refractivity contribution in [2.75, 3.05) is 13.7 Å². The van der Waals surface area contributed by atoms with E-state index in [9.17, 15) is 4.79 Å². The highest BCUT2D eigenvalue weighted by molar-refractivity contribution is 5.73. The van der Waals surface area contributed by atoms with E-state index in [1.165, 1.54) is 0 Å². The maximum atomic E-state index is 11.6. The number of hydrogen-bond donors (Lipinski definition) is 0. The highest BCUT2D eigenvalue weighted by Crippen LogP contribution is 2.20.